The van der Waals surface area contributed by atoms with E-state index in [4.69, 9.17) is 11.2 Å². The van der Waals surface area contributed by atoms with Gasteiger partial charge in [-0.05, 0) is 58.8 Å². The highest BCUT2D eigenvalue weighted by molar-refractivity contribution is 5.91. The van der Waals surface area contributed by atoms with Crippen molar-refractivity contribution in [1.82, 2.24) is 15.1 Å². The van der Waals surface area contributed by atoms with Crippen molar-refractivity contribution in [2.45, 2.75) is 64.3 Å². The third-order valence-corrected chi connectivity index (χ3v) is 4.86. The number of amides is 2. The van der Waals surface area contributed by atoms with Gasteiger partial charge in [-0.2, -0.15) is 0 Å². The number of ether oxygens (including phenoxy) is 1. The minimum Gasteiger partial charge on any atom is -0.444 e. The second-order valence-electron chi connectivity index (χ2n) is 8.89. The first-order chi connectivity index (χ1) is 13.6. The maximum atomic E-state index is 13.2. The quantitative estimate of drug-likeness (QED) is 0.747. The molecule has 1 aliphatic heterocycles. The van der Waals surface area contributed by atoms with Gasteiger partial charge in [-0.3, -0.25) is 9.69 Å². The first kappa shape index (κ1) is 22.8. The maximum absolute atomic E-state index is 13.2. The predicted molar refractivity (Wildman–Crippen MR) is 114 cm³/mol. The SMILES string of the molecule is C#CC[C@@]1(C(=O)NCc2cccc(CN(C)C)c2)CCCN1C(=O)OC(C)(C)C. The van der Waals surface area contributed by atoms with Crippen molar-refractivity contribution in [3.63, 3.8) is 0 Å². The molecule has 29 heavy (non-hydrogen) atoms. The fourth-order valence-corrected chi connectivity index (χ4v) is 3.68. The van der Waals surface area contributed by atoms with Crippen LogP contribution in [0, 0.1) is 12.3 Å². The molecule has 0 spiro atoms. The molecule has 1 N–H and O–H groups in total. The molecule has 6 heteroatoms. The Balaban J connectivity index is 2.14. The van der Waals surface area contributed by atoms with E-state index >= 15 is 0 Å². The monoisotopic (exact) mass is 399 g/mol. The average molecular weight is 400 g/mol. The lowest BCUT2D eigenvalue weighted by molar-refractivity contribution is -0.131. The van der Waals surface area contributed by atoms with Gasteiger partial charge in [-0.1, -0.05) is 24.3 Å². The van der Waals surface area contributed by atoms with Crippen LogP contribution in [0.15, 0.2) is 24.3 Å². The molecule has 0 aromatic heterocycles. The average Bonchev–Trinajstić information content (AvgIpc) is 3.03. The molecule has 1 atom stereocenters. The molecule has 0 radical (unpaired) electrons. The van der Waals surface area contributed by atoms with E-state index < -0.39 is 17.2 Å². The lowest BCUT2D eigenvalue weighted by atomic mass is 9.91. The Hall–Kier alpha value is -2.52. The fraction of sp³-hybridized carbons (Fsp3) is 0.565. The van der Waals surface area contributed by atoms with E-state index in [1.54, 1.807) is 0 Å². The van der Waals surface area contributed by atoms with Crippen LogP contribution in [-0.4, -0.2) is 53.6 Å². The second kappa shape index (κ2) is 9.32. The first-order valence-corrected chi connectivity index (χ1v) is 10.0. The third kappa shape index (κ3) is 5.98. The lowest BCUT2D eigenvalue weighted by Crippen LogP contribution is -2.57. The van der Waals surface area contributed by atoms with Gasteiger partial charge in [0.2, 0.25) is 5.91 Å². The molecular formula is C23H33N3O3. The zero-order valence-electron chi connectivity index (χ0n) is 18.2. The highest BCUT2D eigenvalue weighted by atomic mass is 16.6. The molecule has 2 amide bonds. The zero-order valence-corrected chi connectivity index (χ0v) is 18.2. The number of nitrogens with one attached hydrogen (secondary N) is 1. The van der Waals surface area contributed by atoms with E-state index in [9.17, 15) is 9.59 Å². The van der Waals surface area contributed by atoms with E-state index in [-0.39, 0.29) is 12.3 Å². The minimum atomic E-state index is -1.06. The summed E-state index contributed by atoms with van der Waals surface area (Å²) in [5.41, 5.74) is 0.496. The number of carbonyl (C=O) groups excluding carboxylic acids is 2. The van der Waals surface area contributed by atoms with Crippen molar-refractivity contribution < 1.29 is 14.3 Å². The summed E-state index contributed by atoms with van der Waals surface area (Å²) in [6.07, 6.45) is 6.50. The van der Waals surface area contributed by atoms with Gasteiger partial charge >= 0.3 is 6.09 Å². The van der Waals surface area contributed by atoms with Gasteiger partial charge in [0.25, 0.3) is 0 Å². The Labute approximate surface area is 174 Å². The highest BCUT2D eigenvalue weighted by Gasteiger charge is 2.50. The van der Waals surface area contributed by atoms with Gasteiger partial charge in [-0.15, -0.1) is 12.3 Å². The number of hydrogen-bond donors (Lipinski definition) is 1. The van der Waals surface area contributed by atoms with Crippen molar-refractivity contribution >= 4 is 12.0 Å². The molecule has 1 aromatic carbocycles. The molecule has 0 unspecified atom stereocenters. The van der Waals surface area contributed by atoms with Gasteiger partial charge in [0.15, 0.2) is 0 Å². The molecular weight excluding hydrogens is 366 g/mol. The van der Waals surface area contributed by atoms with Crippen LogP contribution in [0.3, 0.4) is 0 Å². The van der Waals surface area contributed by atoms with Crippen molar-refractivity contribution in [1.29, 1.82) is 0 Å². The van der Waals surface area contributed by atoms with Gasteiger partial charge in [-0.25, -0.2) is 4.79 Å². The molecule has 0 aliphatic carbocycles. The number of carbonyl (C=O) groups is 2. The molecule has 1 fully saturated rings. The van der Waals surface area contributed by atoms with E-state index in [0.717, 1.165) is 12.1 Å². The molecule has 1 aromatic rings. The highest BCUT2D eigenvalue weighted by Crippen LogP contribution is 2.34. The summed E-state index contributed by atoms with van der Waals surface area (Å²) in [5.74, 6) is 2.37. The number of likely N-dealkylation sites (tertiary alicyclic amines) is 1. The van der Waals surface area contributed by atoms with Gasteiger partial charge < -0.3 is 15.0 Å². The standard InChI is InChI=1S/C23H33N3O3/c1-7-12-23(13-9-14-26(23)21(28)29-22(2,3)4)20(27)24-16-18-10-8-11-19(15-18)17-25(5)6/h1,8,10-11,15H,9,12-14,16-17H2,2-6H3,(H,24,27)/t23-/m0/s1. The molecule has 0 saturated carbocycles. The Morgan fingerprint density at radius 1 is 1.31 bits per heavy atom. The van der Waals surface area contributed by atoms with E-state index in [2.05, 4.69) is 28.3 Å². The number of benzene rings is 1. The van der Waals surface area contributed by atoms with Crippen LogP contribution in [0.25, 0.3) is 0 Å². The van der Waals surface area contributed by atoms with Gasteiger partial charge in [0.05, 0.1) is 0 Å². The molecule has 1 heterocycles. The summed E-state index contributed by atoms with van der Waals surface area (Å²) >= 11 is 0. The maximum Gasteiger partial charge on any atom is 0.411 e. The molecule has 6 nitrogen and oxygen atoms in total. The van der Waals surface area contributed by atoms with Crippen LogP contribution in [0.5, 0.6) is 0 Å². The van der Waals surface area contributed by atoms with Crippen LogP contribution >= 0.6 is 0 Å². The second-order valence-corrected chi connectivity index (χ2v) is 8.89. The Morgan fingerprint density at radius 3 is 2.62 bits per heavy atom. The molecule has 0 bridgehead atoms. The summed E-state index contributed by atoms with van der Waals surface area (Å²) in [5, 5.41) is 3.00. The fourth-order valence-electron chi connectivity index (χ4n) is 3.68. The number of terminal acetylenes is 1. The van der Waals surface area contributed by atoms with Crippen molar-refractivity contribution in [3.8, 4) is 12.3 Å². The molecule has 158 valence electrons. The Kier molecular flexibility index (Phi) is 7.32. The zero-order chi connectivity index (χ0) is 21.7. The minimum absolute atomic E-state index is 0.165. The van der Waals surface area contributed by atoms with Gasteiger partial charge in [0, 0.05) is 26.1 Å². The predicted octanol–water partition coefficient (Wildman–Crippen LogP) is 3.16. The summed E-state index contributed by atoms with van der Waals surface area (Å²) in [4.78, 5) is 29.5. The number of rotatable bonds is 6. The third-order valence-electron chi connectivity index (χ3n) is 4.86. The summed E-state index contributed by atoms with van der Waals surface area (Å²) in [6, 6.07) is 8.11. The normalized spacial score (nSPS) is 19.1. The molecule has 2 rings (SSSR count). The molecule has 1 aliphatic rings. The van der Waals surface area contributed by atoms with Crippen LogP contribution in [-0.2, 0) is 22.6 Å². The smallest absolute Gasteiger partial charge is 0.411 e. The van der Waals surface area contributed by atoms with Crippen molar-refractivity contribution in [2.75, 3.05) is 20.6 Å². The Morgan fingerprint density at radius 2 is 2.00 bits per heavy atom. The van der Waals surface area contributed by atoms with Crippen molar-refractivity contribution in [2.24, 2.45) is 0 Å². The van der Waals surface area contributed by atoms with Crippen LogP contribution in [0.1, 0.15) is 51.2 Å². The lowest BCUT2D eigenvalue weighted by Gasteiger charge is -2.36. The largest absolute Gasteiger partial charge is 0.444 e. The summed E-state index contributed by atoms with van der Waals surface area (Å²) < 4.78 is 5.52. The summed E-state index contributed by atoms with van der Waals surface area (Å²) in [6.45, 7) is 7.10. The van der Waals surface area contributed by atoms with Crippen LogP contribution in [0.2, 0.25) is 0 Å². The van der Waals surface area contributed by atoms with Crippen molar-refractivity contribution in [3.05, 3.63) is 35.4 Å². The number of nitrogens with zero attached hydrogens (tertiary/aromatic N) is 2. The summed E-state index contributed by atoms with van der Waals surface area (Å²) in [7, 11) is 4.03. The Bertz CT molecular complexity index is 776. The van der Waals surface area contributed by atoms with E-state index in [0.29, 0.717) is 25.9 Å². The topological polar surface area (TPSA) is 61.9 Å². The first-order valence-electron chi connectivity index (χ1n) is 10.0. The van der Waals surface area contributed by atoms with Gasteiger partial charge in [0.1, 0.15) is 11.1 Å². The van der Waals surface area contributed by atoms with Crippen LogP contribution < -0.4 is 5.32 Å². The number of hydrogen-bond acceptors (Lipinski definition) is 4. The van der Waals surface area contributed by atoms with Crippen LogP contribution in [0.4, 0.5) is 4.79 Å². The van der Waals surface area contributed by atoms with E-state index in [1.807, 2.05) is 47.0 Å². The molecule has 1 saturated heterocycles. The van der Waals surface area contributed by atoms with E-state index in [1.165, 1.54) is 10.5 Å².